The molecule has 38 heavy (non-hydrogen) atoms. The second-order valence-electron chi connectivity index (χ2n) is 11.1. The second-order valence-corrected chi connectivity index (χ2v) is 11.1. The molecule has 0 radical (unpaired) electrons. The smallest absolute Gasteiger partial charge is 0.433 e. The molecule has 0 aliphatic carbocycles. The van der Waals surface area contributed by atoms with Gasteiger partial charge < -0.3 is 29.5 Å². The standard InChI is InChI=1S/C25H39F3N6O4/c1-17(2)6-8-29-22-30-19(25(26,27)28)14-20(31-22)34-9-7-18(15-34)37-16-21(35)32-10-12-33(13-11-32)23(36)38-24(3,4)5/h14,17-18H,6-13,15-16H2,1-5H3,(H,29,30,31). The summed E-state index contributed by atoms with van der Waals surface area (Å²) in [6.07, 6.45) is -3.98. The summed E-state index contributed by atoms with van der Waals surface area (Å²) >= 11 is 0. The molecule has 10 nitrogen and oxygen atoms in total. The lowest BCUT2D eigenvalue weighted by Crippen LogP contribution is -2.52. The quantitative estimate of drug-likeness (QED) is 0.530. The average molecular weight is 545 g/mol. The number of rotatable bonds is 8. The van der Waals surface area contributed by atoms with E-state index in [1.54, 1.807) is 35.5 Å². The van der Waals surface area contributed by atoms with E-state index in [2.05, 4.69) is 15.3 Å². The van der Waals surface area contributed by atoms with Gasteiger partial charge in [0.25, 0.3) is 0 Å². The topological polar surface area (TPSA) is 100 Å². The zero-order valence-electron chi connectivity index (χ0n) is 22.8. The molecule has 3 heterocycles. The van der Waals surface area contributed by atoms with Crippen molar-refractivity contribution in [1.82, 2.24) is 19.8 Å². The fraction of sp³-hybridized carbons (Fsp3) is 0.760. The van der Waals surface area contributed by atoms with Gasteiger partial charge in [0, 0.05) is 51.9 Å². The summed E-state index contributed by atoms with van der Waals surface area (Å²) in [5.41, 5.74) is -1.58. The van der Waals surface area contributed by atoms with E-state index >= 15 is 0 Å². The van der Waals surface area contributed by atoms with Crippen LogP contribution in [0.5, 0.6) is 0 Å². The summed E-state index contributed by atoms with van der Waals surface area (Å²) in [6, 6.07) is 0.950. The van der Waals surface area contributed by atoms with Gasteiger partial charge in [0.15, 0.2) is 5.69 Å². The van der Waals surface area contributed by atoms with Crippen LogP contribution in [0.2, 0.25) is 0 Å². The van der Waals surface area contributed by atoms with Crippen LogP contribution in [-0.4, -0.2) is 95.9 Å². The molecule has 2 saturated heterocycles. The Morgan fingerprint density at radius 2 is 1.74 bits per heavy atom. The van der Waals surface area contributed by atoms with Gasteiger partial charge in [-0.3, -0.25) is 4.79 Å². The number of carbonyl (C=O) groups is 2. The fourth-order valence-electron chi connectivity index (χ4n) is 4.11. The van der Waals surface area contributed by atoms with E-state index in [-0.39, 0.29) is 30.4 Å². The van der Waals surface area contributed by atoms with Gasteiger partial charge in [-0.25, -0.2) is 9.78 Å². The van der Waals surface area contributed by atoms with E-state index in [4.69, 9.17) is 9.47 Å². The summed E-state index contributed by atoms with van der Waals surface area (Å²) in [5.74, 6) is 0.321. The molecule has 1 unspecified atom stereocenters. The molecule has 1 atom stereocenters. The first-order chi connectivity index (χ1) is 17.7. The SMILES string of the molecule is CC(C)CCNc1nc(N2CCC(OCC(=O)N3CCN(C(=O)OC(C)(C)C)CC3)C2)cc(C(F)(F)F)n1. The van der Waals surface area contributed by atoms with Gasteiger partial charge in [0.2, 0.25) is 11.9 Å². The lowest BCUT2D eigenvalue weighted by Gasteiger charge is -2.35. The van der Waals surface area contributed by atoms with Crippen LogP contribution in [0.3, 0.4) is 0 Å². The van der Waals surface area contributed by atoms with Crippen LogP contribution in [0.4, 0.5) is 29.7 Å². The van der Waals surface area contributed by atoms with Gasteiger partial charge in [0.1, 0.15) is 18.0 Å². The largest absolute Gasteiger partial charge is 0.444 e. The van der Waals surface area contributed by atoms with Crippen molar-refractivity contribution in [2.24, 2.45) is 5.92 Å². The molecular weight excluding hydrogens is 505 g/mol. The molecule has 0 saturated carbocycles. The Morgan fingerprint density at radius 3 is 2.34 bits per heavy atom. The summed E-state index contributed by atoms with van der Waals surface area (Å²) in [4.78, 5) is 37.8. The van der Waals surface area contributed by atoms with Crippen LogP contribution in [0.25, 0.3) is 0 Å². The predicted molar refractivity (Wildman–Crippen MR) is 136 cm³/mol. The number of amides is 2. The van der Waals surface area contributed by atoms with Gasteiger partial charge >= 0.3 is 12.3 Å². The summed E-state index contributed by atoms with van der Waals surface area (Å²) in [5, 5.41) is 2.90. The number of hydrogen-bond donors (Lipinski definition) is 1. The summed E-state index contributed by atoms with van der Waals surface area (Å²) < 4.78 is 51.6. The molecule has 2 aliphatic heterocycles. The monoisotopic (exact) mass is 544 g/mol. The van der Waals surface area contributed by atoms with Gasteiger partial charge in [-0.1, -0.05) is 13.8 Å². The van der Waals surface area contributed by atoms with E-state index in [1.165, 1.54) is 0 Å². The molecule has 2 amide bonds. The highest BCUT2D eigenvalue weighted by Crippen LogP contribution is 2.31. The summed E-state index contributed by atoms with van der Waals surface area (Å²) in [6.45, 7) is 12.1. The predicted octanol–water partition coefficient (Wildman–Crippen LogP) is 3.63. The van der Waals surface area contributed by atoms with Crippen LogP contribution in [0.1, 0.15) is 53.2 Å². The Hall–Kier alpha value is -2.83. The number of ether oxygens (including phenoxy) is 2. The van der Waals surface area contributed by atoms with Gasteiger partial charge in [-0.2, -0.15) is 18.2 Å². The molecular formula is C25H39F3N6O4. The number of alkyl halides is 3. The first-order valence-corrected chi connectivity index (χ1v) is 13.0. The maximum atomic E-state index is 13.5. The molecule has 0 spiro atoms. The molecule has 2 fully saturated rings. The molecule has 0 aromatic carbocycles. The zero-order chi connectivity index (χ0) is 28.1. The second kappa shape index (κ2) is 12.4. The lowest BCUT2D eigenvalue weighted by atomic mass is 10.1. The Bertz CT molecular complexity index is 961. The Morgan fingerprint density at radius 1 is 1.08 bits per heavy atom. The first-order valence-electron chi connectivity index (χ1n) is 13.0. The molecule has 1 N–H and O–H groups in total. The van der Waals surface area contributed by atoms with Crippen LogP contribution in [-0.2, 0) is 20.4 Å². The maximum Gasteiger partial charge on any atom is 0.433 e. The highest BCUT2D eigenvalue weighted by Gasteiger charge is 2.35. The van der Waals surface area contributed by atoms with Gasteiger partial charge in [-0.05, 0) is 39.5 Å². The van der Waals surface area contributed by atoms with E-state index in [1.807, 2.05) is 13.8 Å². The van der Waals surface area contributed by atoms with Crippen LogP contribution in [0.15, 0.2) is 6.07 Å². The van der Waals surface area contributed by atoms with Crippen molar-refractivity contribution in [3.63, 3.8) is 0 Å². The molecule has 214 valence electrons. The lowest BCUT2D eigenvalue weighted by molar-refractivity contribution is -0.141. The summed E-state index contributed by atoms with van der Waals surface area (Å²) in [7, 11) is 0. The number of halogens is 3. The van der Waals surface area contributed by atoms with E-state index in [0.29, 0.717) is 58.2 Å². The van der Waals surface area contributed by atoms with Crippen molar-refractivity contribution >= 4 is 23.8 Å². The van der Waals surface area contributed by atoms with E-state index < -0.39 is 23.6 Å². The minimum Gasteiger partial charge on any atom is -0.444 e. The van der Waals surface area contributed by atoms with Crippen molar-refractivity contribution in [2.45, 2.75) is 65.3 Å². The van der Waals surface area contributed by atoms with E-state index in [0.717, 1.165) is 12.5 Å². The molecule has 1 aromatic heterocycles. The van der Waals surface area contributed by atoms with Crippen LogP contribution >= 0.6 is 0 Å². The third-order valence-electron chi connectivity index (χ3n) is 6.20. The normalized spacial score (nSPS) is 18.8. The third kappa shape index (κ3) is 8.88. The number of nitrogens with one attached hydrogen (secondary N) is 1. The highest BCUT2D eigenvalue weighted by atomic mass is 19.4. The number of aromatic nitrogens is 2. The highest BCUT2D eigenvalue weighted by molar-refractivity contribution is 5.78. The van der Waals surface area contributed by atoms with E-state index in [9.17, 15) is 22.8 Å². The third-order valence-corrected chi connectivity index (χ3v) is 6.20. The van der Waals surface area contributed by atoms with Crippen molar-refractivity contribution < 1.29 is 32.2 Å². The molecule has 1 aromatic rings. The van der Waals surface area contributed by atoms with Crippen LogP contribution in [0, 0.1) is 5.92 Å². The van der Waals surface area contributed by atoms with Crippen molar-refractivity contribution in [2.75, 3.05) is 62.6 Å². The number of carbonyl (C=O) groups excluding carboxylic acids is 2. The molecule has 13 heteroatoms. The molecule has 2 aliphatic rings. The zero-order valence-corrected chi connectivity index (χ0v) is 22.8. The minimum absolute atomic E-state index is 0.0551. The number of piperazine rings is 1. The molecule has 3 rings (SSSR count). The maximum absolute atomic E-state index is 13.5. The fourth-order valence-corrected chi connectivity index (χ4v) is 4.11. The van der Waals surface area contributed by atoms with Gasteiger partial charge in [0.05, 0.1) is 6.10 Å². The molecule has 0 bridgehead atoms. The first kappa shape index (κ1) is 29.7. The van der Waals surface area contributed by atoms with Crippen LogP contribution < -0.4 is 10.2 Å². The van der Waals surface area contributed by atoms with Crippen molar-refractivity contribution in [1.29, 1.82) is 0 Å². The van der Waals surface area contributed by atoms with Crippen molar-refractivity contribution in [3.05, 3.63) is 11.8 Å². The van der Waals surface area contributed by atoms with Gasteiger partial charge in [-0.15, -0.1) is 0 Å². The Kier molecular flexibility index (Phi) is 9.66. The Balaban J connectivity index is 1.50. The number of nitrogens with zero attached hydrogens (tertiary/aromatic N) is 5. The number of hydrogen-bond acceptors (Lipinski definition) is 8. The van der Waals surface area contributed by atoms with Crippen molar-refractivity contribution in [3.8, 4) is 0 Å². The minimum atomic E-state index is -4.60. The Labute approximate surface area is 221 Å². The average Bonchev–Trinajstić information content (AvgIpc) is 3.30. The number of anilines is 2.